The van der Waals surface area contributed by atoms with Gasteiger partial charge >= 0.3 is 23.9 Å². The highest BCUT2D eigenvalue weighted by molar-refractivity contribution is 5.90. The average molecular weight is 459 g/mol. The van der Waals surface area contributed by atoms with Gasteiger partial charge in [-0.2, -0.15) is 0 Å². The predicted molar refractivity (Wildman–Crippen MR) is 122 cm³/mol. The smallest absolute Gasteiger partial charge is 0.337 e. The first-order chi connectivity index (χ1) is 15.6. The van der Waals surface area contributed by atoms with Crippen molar-refractivity contribution in [3.63, 3.8) is 0 Å². The number of esters is 2. The summed E-state index contributed by atoms with van der Waals surface area (Å²) in [7, 11) is 2.68. The molecule has 8 nitrogen and oxygen atoms in total. The van der Waals surface area contributed by atoms with E-state index in [2.05, 4.69) is 9.47 Å². The highest BCUT2D eigenvalue weighted by Gasteiger charge is 2.09. The Kier molecular flexibility index (Phi) is 11.3. The number of carboxylic acids is 2. The lowest BCUT2D eigenvalue weighted by Gasteiger charge is -2.07. The van der Waals surface area contributed by atoms with Gasteiger partial charge in [0.05, 0.1) is 25.3 Å². The van der Waals surface area contributed by atoms with Gasteiger partial charge in [0.25, 0.3) is 0 Å². The molecule has 0 fully saturated rings. The first-order valence-corrected chi connectivity index (χ1v) is 10.4. The molecular weight excluding hydrogens is 428 g/mol. The summed E-state index contributed by atoms with van der Waals surface area (Å²) in [4.78, 5) is 43.3. The fraction of sp³-hybridized carbons (Fsp3) is 0.360. The molecule has 0 atom stereocenters. The molecule has 0 aliphatic rings. The Hall–Kier alpha value is -3.68. The number of ether oxygens (including phenoxy) is 2. The fourth-order valence-electron chi connectivity index (χ4n) is 3.11. The number of aryl methyl sites for hydroxylation is 4. The van der Waals surface area contributed by atoms with Crippen molar-refractivity contribution in [2.24, 2.45) is 0 Å². The van der Waals surface area contributed by atoms with Gasteiger partial charge in [-0.25, -0.2) is 9.59 Å². The van der Waals surface area contributed by atoms with E-state index >= 15 is 0 Å². The maximum Gasteiger partial charge on any atom is 0.337 e. The van der Waals surface area contributed by atoms with Crippen LogP contribution in [-0.2, 0) is 31.9 Å². The van der Waals surface area contributed by atoms with E-state index in [-0.39, 0.29) is 24.8 Å². The van der Waals surface area contributed by atoms with E-state index < -0.39 is 11.9 Å². The topological polar surface area (TPSA) is 127 Å². The lowest BCUT2D eigenvalue weighted by molar-refractivity contribution is -0.138. The lowest BCUT2D eigenvalue weighted by atomic mass is 10.0. The van der Waals surface area contributed by atoms with Crippen LogP contribution in [0.3, 0.4) is 0 Å². The molecule has 0 aliphatic heterocycles. The molecule has 0 heterocycles. The molecule has 0 amide bonds. The summed E-state index contributed by atoms with van der Waals surface area (Å²) < 4.78 is 9.22. The number of carboxylic acid groups (broad SMARTS) is 2. The molecule has 0 aromatic heterocycles. The Morgan fingerprint density at radius 2 is 1.12 bits per heavy atom. The molecular formula is C25H30O8. The third kappa shape index (κ3) is 9.55. The summed E-state index contributed by atoms with van der Waals surface area (Å²) in [6.07, 6.45) is 2.05. The largest absolute Gasteiger partial charge is 0.481 e. The standard InChI is InChI=1S/C13H16O4.C12H14O4/c1-9-8-11(13(16)17-2)7-6-10(9)4-3-5-12(14)15;1-8-7-10(12(15)16-2)4-3-9(8)5-6-11(13)14/h6-8H,3-5H2,1-2H3,(H,14,15);3-4,7H,5-6H2,1-2H3,(H,13,14). The number of hydrogen-bond acceptors (Lipinski definition) is 6. The van der Waals surface area contributed by atoms with Crippen molar-refractivity contribution in [3.05, 3.63) is 69.8 Å². The zero-order valence-corrected chi connectivity index (χ0v) is 19.3. The van der Waals surface area contributed by atoms with Crippen LogP contribution >= 0.6 is 0 Å². The molecule has 0 saturated heterocycles. The van der Waals surface area contributed by atoms with Gasteiger partial charge in [0.15, 0.2) is 0 Å². The molecule has 8 heteroatoms. The van der Waals surface area contributed by atoms with Crippen LogP contribution in [0.15, 0.2) is 36.4 Å². The van der Waals surface area contributed by atoms with Crippen molar-refractivity contribution in [1.29, 1.82) is 0 Å². The summed E-state index contributed by atoms with van der Waals surface area (Å²) in [5, 5.41) is 17.1. The number of rotatable bonds is 9. The molecule has 0 bridgehead atoms. The summed E-state index contributed by atoms with van der Waals surface area (Å²) in [5.74, 6) is -2.34. The Morgan fingerprint density at radius 3 is 1.48 bits per heavy atom. The van der Waals surface area contributed by atoms with Gasteiger partial charge in [-0.15, -0.1) is 0 Å². The van der Waals surface area contributed by atoms with E-state index in [0.29, 0.717) is 30.4 Å². The van der Waals surface area contributed by atoms with Gasteiger partial charge in [-0.1, -0.05) is 12.1 Å². The van der Waals surface area contributed by atoms with Crippen LogP contribution in [0.25, 0.3) is 0 Å². The maximum absolute atomic E-state index is 11.3. The van der Waals surface area contributed by atoms with Crippen molar-refractivity contribution >= 4 is 23.9 Å². The van der Waals surface area contributed by atoms with E-state index in [9.17, 15) is 19.2 Å². The van der Waals surface area contributed by atoms with Gasteiger partial charge in [-0.05, 0) is 79.6 Å². The SMILES string of the molecule is COC(=O)c1ccc(CCC(=O)O)c(C)c1.COC(=O)c1ccc(CCCC(=O)O)c(C)c1. The third-order valence-corrected chi connectivity index (χ3v) is 4.97. The van der Waals surface area contributed by atoms with E-state index in [1.165, 1.54) is 14.2 Å². The summed E-state index contributed by atoms with van der Waals surface area (Å²) in [6, 6.07) is 10.4. The number of benzene rings is 2. The van der Waals surface area contributed by atoms with Gasteiger partial charge in [0.2, 0.25) is 0 Å². The Bertz CT molecular complexity index is 994. The van der Waals surface area contributed by atoms with Crippen LogP contribution in [0.2, 0.25) is 0 Å². The summed E-state index contributed by atoms with van der Waals surface area (Å²) >= 11 is 0. The molecule has 0 unspecified atom stereocenters. The highest BCUT2D eigenvalue weighted by Crippen LogP contribution is 2.15. The zero-order chi connectivity index (χ0) is 25.0. The number of carbonyl (C=O) groups excluding carboxylic acids is 2. The first kappa shape index (κ1) is 27.4. The molecule has 2 aromatic rings. The molecule has 178 valence electrons. The third-order valence-electron chi connectivity index (χ3n) is 4.97. The minimum Gasteiger partial charge on any atom is -0.481 e. The second-order valence-corrected chi connectivity index (χ2v) is 7.41. The normalized spacial score (nSPS) is 9.94. The monoisotopic (exact) mass is 458 g/mol. The highest BCUT2D eigenvalue weighted by atomic mass is 16.5. The second-order valence-electron chi connectivity index (χ2n) is 7.41. The average Bonchev–Trinajstić information content (AvgIpc) is 2.78. The van der Waals surface area contributed by atoms with E-state index in [4.69, 9.17) is 10.2 Å². The summed E-state index contributed by atoms with van der Waals surface area (Å²) in [5.41, 5.74) is 4.91. The molecule has 0 spiro atoms. The number of hydrogen-bond donors (Lipinski definition) is 2. The van der Waals surface area contributed by atoms with Crippen LogP contribution < -0.4 is 0 Å². The van der Waals surface area contributed by atoms with Crippen LogP contribution in [0.1, 0.15) is 62.2 Å². The molecule has 2 N–H and O–H groups in total. The number of methoxy groups -OCH3 is 2. The van der Waals surface area contributed by atoms with Crippen LogP contribution in [0, 0.1) is 13.8 Å². The van der Waals surface area contributed by atoms with Crippen LogP contribution in [0.4, 0.5) is 0 Å². The van der Waals surface area contributed by atoms with Gasteiger partial charge in [0.1, 0.15) is 0 Å². The van der Waals surface area contributed by atoms with Gasteiger partial charge < -0.3 is 19.7 Å². The Labute approximate surface area is 193 Å². The van der Waals surface area contributed by atoms with Crippen LogP contribution in [-0.4, -0.2) is 48.3 Å². The predicted octanol–water partition coefficient (Wildman–Crippen LogP) is 3.99. The van der Waals surface area contributed by atoms with Crippen molar-refractivity contribution in [2.75, 3.05) is 14.2 Å². The minimum atomic E-state index is -0.823. The molecule has 0 aliphatic carbocycles. The summed E-state index contributed by atoms with van der Waals surface area (Å²) in [6.45, 7) is 3.76. The molecule has 33 heavy (non-hydrogen) atoms. The maximum atomic E-state index is 11.3. The molecule has 0 saturated carbocycles. The Balaban J connectivity index is 0.000000331. The lowest BCUT2D eigenvalue weighted by Crippen LogP contribution is -2.04. The van der Waals surface area contributed by atoms with Crippen molar-refractivity contribution < 1.29 is 38.9 Å². The van der Waals surface area contributed by atoms with Crippen molar-refractivity contribution in [3.8, 4) is 0 Å². The fourth-order valence-corrected chi connectivity index (χ4v) is 3.11. The van der Waals surface area contributed by atoms with Crippen molar-refractivity contribution in [2.45, 2.75) is 46.0 Å². The van der Waals surface area contributed by atoms with Crippen molar-refractivity contribution in [1.82, 2.24) is 0 Å². The molecule has 2 rings (SSSR count). The van der Waals surface area contributed by atoms with Crippen LogP contribution in [0.5, 0.6) is 0 Å². The van der Waals surface area contributed by atoms with E-state index in [1.54, 1.807) is 30.3 Å². The molecule has 0 radical (unpaired) electrons. The second kappa shape index (κ2) is 13.7. The van der Waals surface area contributed by atoms with E-state index in [0.717, 1.165) is 22.3 Å². The Morgan fingerprint density at radius 1 is 0.697 bits per heavy atom. The number of carbonyl (C=O) groups is 4. The van der Waals surface area contributed by atoms with E-state index in [1.807, 2.05) is 19.9 Å². The first-order valence-electron chi connectivity index (χ1n) is 10.4. The molecule has 2 aromatic carbocycles. The van der Waals surface area contributed by atoms with Gasteiger partial charge in [0, 0.05) is 12.8 Å². The minimum absolute atomic E-state index is 0.0956. The quantitative estimate of drug-likeness (QED) is 0.540. The van der Waals surface area contributed by atoms with Gasteiger partial charge in [-0.3, -0.25) is 9.59 Å². The number of aliphatic carboxylic acids is 2. The zero-order valence-electron chi connectivity index (χ0n) is 19.3.